The van der Waals surface area contributed by atoms with Gasteiger partial charge >= 0.3 is 5.97 Å². The molecule has 1 aromatic rings. The molecule has 0 aliphatic heterocycles. The number of methoxy groups -OCH3 is 1. The van der Waals surface area contributed by atoms with E-state index < -0.39 is 5.97 Å². The second kappa shape index (κ2) is 6.30. The van der Waals surface area contributed by atoms with Gasteiger partial charge in [-0.3, -0.25) is 0 Å². The third-order valence-electron chi connectivity index (χ3n) is 2.45. The number of aromatic nitrogens is 2. The number of nitrogen functional groups attached to an aromatic ring is 1. The standard InChI is InChI=1S/C12H19N3O3/c1-5-18-9(7(2)3)11-14-6-8(10(13)15-11)12(16)17-4/h6-7,9H,5H2,1-4H3,(H2,13,14,15). The van der Waals surface area contributed by atoms with E-state index in [4.69, 9.17) is 10.5 Å². The van der Waals surface area contributed by atoms with Gasteiger partial charge in [-0.15, -0.1) is 0 Å². The number of anilines is 1. The summed E-state index contributed by atoms with van der Waals surface area (Å²) in [5, 5.41) is 0. The molecule has 100 valence electrons. The minimum atomic E-state index is -0.545. The quantitative estimate of drug-likeness (QED) is 0.801. The maximum atomic E-state index is 11.4. The number of carbonyl (C=O) groups excluding carboxylic acids is 1. The van der Waals surface area contributed by atoms with E-state index in [1.54, 1.807) is 0 Å². The summed E-state index contributed by atoms with van der Waals surface area (Å²) in [4.78, 5) is 19.6. The highest BCUT2D eigenvalue weighted by molar-refractivity contribution is 5.93. The SMILES string of the molecule is CCOC(c1ncc(C(=O)OC)c(N)n1)C(C)C. The number of hydrogen-bond acceptors (Lipinski definition) is 6. The van der Waals surface area contributed by atoms with E-state index in [0.29, 0.717) is 12.4 Å². The third-order valence-corrected chi connectivity index (χ3v) is 2.45. The van der Waals surface area contributed by atoms with Crippen molar-refractivity contribution in [3.63, 3.8) is 0 Å². The van der Waals surface area contributed by atoms with Gasteiger partial charge in [0.2, 0.25) is 0 Å². The number of carbonyl (C=O) groups is 1. The average Bonchev–Trinajstić information content (AvgIpc) is 2.34. The lowest BCUT2D eigenvalue weighted by molar-refractivity contribution is 0.0232. The lowest BCUT2D eigenvalue weighted by Gasteiger charge is -2.19. The van der Waals surface area contributed by atoms with Crippen molar-refractivity contribution in [3.05, 3.63) is 17.6 Å². The maximum absolute atomic E-state index is 11.4. The first kappa shape index (κ1) is 14.4. The summed E-state index contributed by atoms with van der Waals surface area (Å²) in [5.41, 5.74) is 5.89. The molecule has 0 aromatic carbocycles. The number of rotatable bonds is 5. The molecule has 0 aliphatic rings. The van der Waals surface area contributed by atoms with E-state index in [2.05, 4.69) is 14.7 Å². The molecule has 2 N–H and O–H groups in total. The molecule has 0 spiro atoms. The van der Waals surface area contributed by atoms with Crippen molar-refractivity contribution < 1.29 is 14.3 Å². The molecule has 1 atom stereocenters. The van der Waals surface area contributed by atoms with Gasteiger partial charge in [-0.25, -0.2) is 14.8 Å². The molecule has 0 fully saturated rings. The first-order valence-corrected chi connectivity index (χ1v) is 5.83. The molecule has 1 unspecified atom stereocenters. The van der Waals surface area contributed by atoms with Gasteiger partial charge in [0.05, 0.1) is 7.11 Å². The number of hydrogen-bond donors (Lipinski definition) is 1. The minimum absolute atomic E-state index is 0.109. The van der Waals surface area contributed by atoms with Crippen LogP contribution < -0.4 is 5.73 Å². The van der Waals surface area contributed by atoms with Crippen molar-refractivity contribution in [3.8, 4) is 0 Å². The van der Waals surface area contributed by atoms with Crippen LogP contribution in [0.1, 0.15) is 43.1 Å². The van der Waals surface area contributed by atoms with Crippen LogP contribution >= 0.6 is 0 Å². The van der Waals surface area contributed by atoms with Crippen LogP contribution in [0.2, 0.25) is 0 Å². The Kier molecular flexibility index (Phi) is 5.03. The number of ether oxygens (including phenoxy) is 2. The smallest absolute Gasteiger partial charge is 0.343 e. The van der Waals surface area contributed by atoms with Crippen molar-refractivity contribution in [2.45, 2.75) is 26.9 Å². The topological polar surface area (TPSA) is 87.3 Å². The van der Waals surface area contributed by atoms with Crippen LogP contribution in [-0.2, 0) is 9.47 Å². The third kappa shape index (κ3) is 3.16. The van der Waals surface area contributed by atoms with Gasteiger partial charge in [0, 0.05) is 12.8 Å². The van der Waals surface area contributed by atoms with Gasteiger partial charge in [-0.1, -0.05) is 13.8 Å². The molecule has 6 nitrogen and oxygen atoms in total. The van der Waals surface area contributed by atoms with E-state index in [1.807, 2.05) is 20.8 Å². The highest BCUT2D eigenvalue weighted by Gasteiger charge is 2.21. The average molecular weight is 253 g/mol. The van der Waals surface area contributed by atoms with E-state index in [1.165, 1.54) is 13.3 Å². The molecular formula is C12H19N3O3. The first-order valence-electron chi connectivity index (χ1n) is 5.83. The van der Waals surface area contributed by atoms with Crippen LogP contribution in [-0.4, -0.2) is 29.7 Å². The van der Waals surface area contributed by atoms with E-state index >= 15 is 0 Å². The van der Waals surface area contributed by atoms with Crippen LogP contribution in [0.4, 0.5) is 5.82 Å². The highest BCUT2D eigenvalue weighted by Crippen LogP contribution is 2.24. The molecular weight excluding hydrogens is 234 g/mol. The minimum Gasteiger partial charge on any atom is -0.465 e. The molecule has 1 aromatic heterocycles. The summed E-state index contributed by atoms with van der Waals surface area (Å²) in [6.45, 7) is 6.48. The first-order chi connectivity index (χ1) is 8.51. The van der Waals surface area contributed by atoms with Crippen molar-refractivity contribution in [2.24, 2.45) is 5.92 Å². The molecule has 0 amide bonds. The maximum Gasteiger partial charge on any atom is 0.343 e. The number of nitrogens with zero attached hydrogens (tertiary/aromatic N) is 2. The van der Waals surface area contributed by atoms with E-state index in [-0.39, 0.29) is 23.4 Å². The molecule has 6 heteroatoms. The summed E-state index contributed by atoms with van der Waals surface area (Å²) in [5.74, 6) is 0.263. The Balaban J connectivity index is 3.05. The zero-order chi connectivity index (χ0) is 13.7. The summed E-state index contributed by atoms with van der Waals surface area (Å²) < 4.78 is 10.2. The molecule has 0 aliphatic carbocycles. The van der Waals surface area contributed by atoms with Crippen LogP contribution in [0.25, 0.3) is 0 Å². The van der Waals surface area contributed by atoms with Crippen LogP contribution in [0.5, 0.6) is 0 Å². The lowest BCUT2D eigenvalue weighted by atomic mass is 10.1. The van der Waals surface area contributed by atoms with Crippen molar-refractivity contribution in [1.29, 1.82) is 0 Å². The highest BCUT2D eigenvalue weighted by atomic mass is 16.5. The zero-order valence-corrected chi connectivity index (χ0v) is 11.1. The van der Waals surface area contributed by atoms with Gasteiger partial charge in [0.1, 0.15) is 17.5 Å². The molecule has 0 saturated carbocycles. The number of esters is 1. The Morgan fingerprint density at radius 3 is 2.61 bits per heavy atom. The normalized spacial score (nSPS) is 12.5. The predicted octanol–water partition coefficient (Wildman–Crippen LogP) is 1.58. The summed E-state index contributed by atoms with van der Waals surface area (Å²) in [6, 6.07) is 0. The fourth-order valence-electron chi connectivity index (χ4n) is 1.56. The second-order valence-corrected chi connectivity index (χ2v) is 4.14. The van der Waals surface area contributed by atoms with Crippen molar-refractivity contribution in [1.82, 2.24) is 9.97 Å². The molecule has 0 saturated heterocycles. The predicted molar refractivity (Wildman–Crippen MR) is 67.0 cm³/mol. The van der Waals surface area contributed by atoms with Crippen LogP contribution in [0.15, 0.2) is 6.20 Å². The summed E-state index contributed by atoms with van der Waals surface area (Å²) in [7, 11) is 1.28. The van der Waals surface area contributed by atoms with Crippen molar-refractivity contribution >= 4 is 11.8 Å². The second-order valence-electron chi connectivity index (χ2n) is 4.14. The number of nitrogens with two attached hydrogens (primary N) is 1. The largest absolute Gasteiger partial charge is 0.465 e. The van der Waals surface area contributed by atoms with E-state index in [9.17, 15) is 4.79 Å². The van der Waals surface area contributed by atoms with Crippen LogP contribution in [0, 0.1) is 5.92 Å². The molecule has 0 radical (unpaired) electrons. The van der Waals surface area contributed by atoms with Crippen molar-refractivity contribution in [2.75, 3.05) is 19.5 Å². The molecule has 1 rings (SSSR count). The Hall–Kier alpha value is -1.69. The monoisotopic (exact) mass is 253 g/mol. The molecule has 0 bridgehead atoms. The molecule has 18 heavy (non-hydrogen) atoms. The van der Waals surface area contributed by atoms with Gasteiger partial charge in [-0.2, -0.15) is 0 Å². The zero-order valence-electron chi connectivity index (χ0n) is 11.1. The Morgan fingerprint density at radius 2 is 2.17 bits per heavy atom. The van der Waals surface area contributed by atoms with E-state index in [0.717, 1.165) is 0 Å². The van der Waals surface area contributed by atoms with Gasteiger partial charge in [-0.05, 0) is 12.8 Å². The Bertz CT molecular complexity index is 421. The molecule has 1 heterocycles. The fraction of sp³-hybridized carbons (Fsp3) is 0.583. The van der Waals surface area contributed by atoms with Gasteiger partial charge < -0.3 is 15.2 Å². The Labute approximate surface area is 107 Å². The van der Waals surface area contributed by atoms with Crippen LogP contribution in [0.3, 0.4) is 0 Å². The van der Waals surface area contributed by atoms with Gasteiger partial charge in [0.15, 0.2) is 5.82 Å². The lowest BCUT2D eigenvalue weighted by Crippen LogP contribution is -2.17. The Morgan fingerprint density at radius 1 is 1.50 bits per heavy atom. The fourth-order valence-corrected chi connectivity index (χ4v) is 1.56. The summed E-state index contributed by atoms with van der Waals surface area (Å²) in [6.07, 6.45) is 1.14. The summed E-state index contributed by atoms with van der Waals surface area (Å²) >= 11 is 0. The van der Waals surface area contributed by atoms with Gasteiger partial charge in [0.25, 0.3) is 0 Å².